The van der Waals surface area contributed by atoms with E-state index in [1.54, 1.807) is 22.1 Å². The van der Waals surface area contributed by atoms with Crippen LogP contribution in [-0.4, -0.2) is 80.0 Å². The summed E-state index contributed by atoms with van der Waals surface area (Å²) in [5, 5.41) is 29.4. The summed E-state index contributed by atoms with van der Waals surface area (Å²) in [5.74, 6) is -2.02. The van der Waals surface area contributed by atoms with Crippen LogP contribution in [0.25, 0.3) is 10.9 Å². The highest BCUT2D eigenvalue weighted by molar-refractivity contribution is 6.35. The van der Waals surface area contributed by atoms with E-state index in [9.17, 15) is 27.9 Å². The summed E-state index contributed by atoms with van der Waals surface area (Å²) >= 11 is 6.37. The number of carbonyl (C=O) groups excluding carboxylic acids is 2. The molecule has 0 saturated carbocycles. The molecule has 2 amide bonds. The number of piperidine rings is 1. The maximum Gasteiger partial charge on any atom is 0.406 e. The number of likely N-dealkylation sites (tertiary alicyclic amines) is 1. The number of alkyl halides is 3. The van der Waals surface area contributed by atoms with E-state index >= 15 is 0 Å². The standard InChI is InChI=1S/C24H25ClF3N7O3/c25-19-6-13-5-14(22(37)34(12-24(26,27)28)11-18(13)17-9-30-32-21(17)19)7-20(36)33-3-1-16(2-4-33)35-10-15(8-29)31-23(35)38/h6,9-10,14,16,23,31,38H,1-5,7,11-12H2,(H,30,32)/t14-,23?/m0/s1. The highest BCUT2D eigenvalue weighted by Crippen LogP contribution is 2.35. The normalized spacial score (nSPS) is 22.7. The highest BCUT2D eigenvalue weighted by atomic mass is 35.5. The molecule has 0 spiro atoms. The third-order valence-electron chi connectivity index (χ3n) is 7.36. The predicted molar refractivity (Wildman–Crippen MR) is 129 cm³/mol. The minimum absolute atomic E-state index is 0.0823. The van der Waals surface area contributed by atoms with Crippen molar-refractivity contribution in [2.45, 2.75) is 50.8 Å². The number of H-pyrrole nitrogens is 1. The SMILES string of the molecule is N#CC1=CN(C2CCN(C(=O)C[C@@H]3Cc4cc(Cl)c5[nH]ncc5c4CN(CC(F)(F)F)C3=O)CC2)C(O)N1. The van der Waals surface area contributed by atoms with Crippen LogP contribution in [0.2, 0.25) is 5.02 Å². The molecule has 1 unspecified atom stereocenters. The van der Waals surface area contributed by atoms with Gasteiger partial charge in [0, 0.05) is 43.7 Å². The van der Waals surface area contributed by atoms with Gasteiger partial charge in [0.25, 0.3) is 0 Å². The summed E-state index contributed by atoms with van der Waals surface area (Å²) in [6.45, 7) is -0.976. The molecule has 0 radical (unpaired) electrons. The molecule has 5 rings (SSSR count). The molecule has 14 heteroatoms. The monoisotopic (exact) mass is 551 g/mol. The number of nitrogens with one attached hydrogen (secondary N) is 2. The van der Waals surface area contributed by atoms with Crippen molar-refractivity contribution in [3.63, 3.8) is 0 Å². The van der Waals surface area contributed by atoms with Crippen molar-refractivity contribution in [3.8, 4) is 6.07 Å². The summed E-state index contributed by atoms with van der Waals surface area (Å²) in [4.78, 5) is 30.5. The van der Waals surface area contributed by atoms with Gasteiger partial charge in [-0.3, -0.25) is 14.7 Å². The topological polar surface area (TPSA) is 129 Å². The van der Waals surface area contributed by atoms with Crippen molar-refractivity contribution in [1.29, 1.82) is 5.26 Å². The number of nitrogens with zero attached hydrogens (tertiary/aromatic N) is 5. The molecule has 1 fully saturated rings. The minimum atomic E-state index is -4.60. The van der Waals surface area contributed by atoms with Crippen LogP contribution < -0.4 is 5.32 Å². The van der Waals surface area contributed by atoms with E-state index in [1.165, 1.54) is 6.20 Å². The minimum Gasteiger partial charge on any atom is -0.356 e. The van der Waals surface area contributed by atoms with Gasteiger partial charge >= 0.3 is 6.18 Å². The van der Waals surface area contributed by atoms with E-state index in [1.807, 2.05) is 6.07 Å². The second-order valence-electron chi connectivity index (χ2n) is 9.80. The van der Waals surface area contributed by atoms with Crippen molar-refractivity contribution in [3.05, 3.63) is 40.3 Å². The van der Waals surface area contributed by atoms with Gasteiger partial charge in [0.1, 0.15) is 18.3 Å². The van der Waals surface area contributed by atoms with Crippen LogP contribution in [0.15, 0.2) is 24.2 Å². The first-order chi connectivity index (χ1) is 18.0. The average molecular weight is 552 g/mol. The summed E-state index contributed by atoms with van der Waals surface area (Å²) in [7, 11) is 0. The Morgan fingerprint density at radius 2 is 2.05 bits per heavy atom. The fourth-order valence-electron chi connectivity index (χ4n) is 5.53. The lowest BCUT2D eigenvalue weighted by atomic mass is 9.92. The number of aliphatic hydroxyl groups is 1. The number of aliphatic hydroxyl groups excluding tert-OH is 1. The van der Waals surface area contributed by atoms with Gasteiger partial charge in [-0.2, -0.15) is 23.5 Å². The molecule has 2 atom stereocenters. The molecule has 3 aliphatic heterocycles. The number of halogens is 4. The third-order valence-corrected chi connectivity index (χ3v) is 7.66. The maximum atomic E-state index is 13.4. The molecule has 38 heavy (non-hydrogen) atoms. The molecular weight excluding hydrogens is 527 g/mol. The second-order valence-corrected chi connectivity index (χ2v) is 10.2. The first kappa shape index (κ1) is 26.1. The Bertz CT molecular complexity index is 1330. The van der Waals surface area contributed by atoms with Gasteiger partial charge in [0.2, 0.25) is 18.2 Å². The van der Waals surface area contributed by atoms with Gasteiger partial charge in [-0.05, 0) is 36.5 Å². The molecule has 3 aliphatic rings. The molecule has 202 valence electrons. The van der Waals surface area contributed by atoms with Crippen LogP contribution in [0.4, 0.5) is 13.2 Å². The molecule has 10 nitrogen and oxygen atoms in total. The molecule has 2 aromatic rings. The summed E-state index contributed by atoms with van der Waals surface area (Å²) in [5.41, 5.74) is 1.89. The number of aromatic amines is 1. The number of fused-ring (bicyclic) bond motifs is 3. The molecule has 0 bridgehead atoms. The van der Waals surface area contributed by atoms with E-state index in [2.05, 4.69) is 15.5 Å². The van der Waals surface area contributed by atoms with Crippen LogP contribution in [0.1, 0.15) is 30.4 Å². The molecule has 1 aromatic heterocycles. The number of hydrogen-bond acceptors (Lipinski definition) is 7. The largest absolute Gasteiger partial charge is 0.406 e. The zero-order valence-electron chi connectivity index (χ0n) is 20.1. The lowest BCUT2D eigenvalue weighted by Gasteiger charge is -2.38. The number of amides is 2. The smallest absolute Gasteiger partial charge is 0.356 e. The van der Waals surface area contributed by atoms with Crippen LogP contribution >= 0.6 is 11.6 Å². The second kappa shape index (κ2) is 9.99. The van der Waals surface area contributed by atoms with Gasteiger partial charge in [0.15, 0.2) is 0 Å². The lowest BCUT2D eigenvalue weighted by Crippen LogP contribution is -2.49. The van der Waals surface area contributed by atoms with Crippen LogP contribution in [0.3, 0.4) is 0 Å². The zero-order valence-corrected chi connectivity index (χ0v) is 20.9. The fourth-order valence-corrected chi connectivity index (χ4v) is 5.81. The molecule has 4 heterocycles. The Balaban J connectivity index is 1.32. The molecule has 3 N–H and O–H groups in total. The zero-order chi connectivity index (χ0) is 27.2. The molecule has 0 aliphatic carbocycles. The Morgan fingerprint density at radius 3 is 2.71 bits per heavy atom. The van der Waals surface area contributed by atoms with E-state index < -0.39 is 30.9 Å². The van der Waals surface area contributed by atoms with E-state index in [0.29, 0.717) is 53.0 Å². The summed E-state index contributed by atoms with van der Waals surface area (Å²) in [6, 6.07) is 3.48. The van der Waals surface area contributed by atoms with Crippen molar-refractivity contribution in [2.75, 3.05) is 19.6 Å². The number of nitriles is 1. The first-order valence-corrected chi connectivity index (χ1v) is 12.5. The third kappa shape index (κ3) is 5.10. The number of aromatic nitrogens is 2. The van der Waals surface area contributed by atoms with Gasteiger partial charge in [-0.15, -0.1) is 0 Å². The molecule has 1 aromatic carbocycles. The van der Waals surface area contributed by atoms with Gasteiger partial charge in [-0.1, -0.05) is 11.6 Å². The van der Waals surface area contributed by atoms with Crippen molar-refractivity contribution in [2.24, 2.45) is 5.92 Å². The fraction of sp³-hybridized carbons (Fsp3) is 0.500. The average Bonchev–Trinajstić information content (AvgIpc) is 3.48. The summed E-state index contributed by atoms with van der Waals surface area (Å²) in [6.07, 6.45) is -1.70. The van der Waals surface area contributed by atoms with Crippen LogP contribution in [0, 0.1) is 17.2 Å². The number of carbonyl (C=O) groups is 2. The predicted octanol–water partition coefficient (Wildman–Crippen LogP) is 2.21. The molecule has 1 saturated heterocycles. The summed E-state index contributed by atoms with van der Waals surface area (Å²) < 4.78 is 40.2. The van der Waals surface area contributed by atoms with Gasteiger partial charge in [-0.25, -0.2) is 0 Å². The van der Waals surface area contributed by atoms with Gasteiger partial charge in [0.05, 0.1) is 22.7 Å². The highest BCUT2D eigenvalue weighted by Gasteiger charge is 2.40. The lowest BCUT2D eigenvalue weighted by molar-refractivity contribution is -0.165. The Morgan fingerprint density at radius 1 is 1.32 bits per heavy atom. The quantitative estimate of drug-likeness (QED) is 0.531. The number of allylic oxidation sites excluding steroid dienone is 1. The van der Waals surface area contributed by atoms with E-state index in [4.69, 9.17) is 16.9 Å². The number of hydrogen-bond donors (Lipinski definition) is 3. The van der Waals surface area contributed by atoms with Crippen molar-refractivity contribution < 1.29 is 27.9 Å². The molecular formula is C24H25ClF3N7O3. The number of benzene rings is 1. The van der Waals surface area contributed by atoms with Crippen molar-refractivity contribution >= 4 is 34.3 Å². The van der Waals surface area contributed by atoms with Crippen LogP contribution in [0.5, 0.6) is 0 Å². The Labute approximate surface area is 220 Å². The van der Waals surface area contributed by atoms with Gasteiger partial charge < -0.3 is 25.1 Å². The maximum absolute atomic E-state index is 13.4. The number of rotatable bonds is 4. The van der Waals surface area contributed by atoms with E-state index in [0.717, 1.165) is 4.90 Å². The van der Waals surface area contributed by atoms with Crippen molar-refractivity contribution in [1.82, 2.24) is 30.2 Å². The van der Waals surface area contributed by atoms with Crippen LogP contribution in [-0.2, 0) is 22.6 Å². The Hall–Kier alpha value is -3.50. The Kier molecular flexibility index (Phi) is 6.87. The van der Waals surface area contributed by atoms with E-state index in [-0.39, 0.29) is 37.0 Å². The first-order valence-electron chi connectivity index (χ1n) is 12.1.